The molecule has 0 saturated carbocycles. The second-order valence-corrected chi connectivity index (χ2v) is 2.39. The van der Waals surface area contributed by atoms with E-state index in [0.717, 1.165) is 0 Å². The third-order valence-corrected chi connectivity index (χ3v) is 1.45. The minimum absolute atomic E-state index is 0.0808. The molecule has 1 unspecified atom stereocenters. The standard InChI is InChI=1S/C7H9NO2/c1-5-3-2-4-6(9)8-7(5)10/h2,4-5H,3H2,1H3,(H,8,9,10). The van der Waals surface area contributed by atoms with Gasteiger partial charge >= 0.3 is 0 Å². The Morgan fingerprint density at radius 3 is 3.00 bits per heavy atom. The molecule has 0 radical (unpaired) electrons. The van der Waals surface area contributed by atoms with Crippen molar-refractivity contribution in [3.8, 4) is 0 Å². The summed E-state index contributed by atoms with van der Waals surface area (Å²) in [7, 11) is 0. The van der Waals surface area contributed by atoms with E-state index in [2.05, 4.69) is 5.32 Å². The van der Waals surface area contributed by atoms with Gasteiger partial charge in [0.25, 0.3) is 0 Å². The lowest BCUT2D eigenvalue weighted by molar-refractivity contribution is -0.129. The lowest BCUT2D eigenvalue weighted by Crippen LogP contribution is -2.31. The van der Waals surface area contributed by atoms with Crippen LogP contribution >= 0.6 is 0 Å². The number of hydrogen-bond acceptors (Lipinski definition) is 2. The van der Waals surface area contributed by atoms with E-state index in [1.807, 2.05) is 0 Å². The van der Waals surface area contributed by atoms with E-state index in [-0.39, 0.29) is 17.7 Å². The minimum Gasteiger partial charge on any atom is -0.293 e. The SMILES string of the molecule is CC1CC=CC(=O)NC1=O. The molecular weight excluding hydrogens is 130 g/mol. The molecule has 1 rings (SSSR count). The van der Waals surface area contributed by atoms with E-state index in [0.29, 0.717) is 6.42 Å². The molecule has 0 aromatic heterocycles. The zero-order chi connectivity index (χ0) is 7.56. The van der Waals surface area contributed by atoms with E-state index < -0.39 is 0 Å². The molecule has 1 aliphatic heterocycles. The van der Waals surface area contributed by atoms with Gasteiger partial charge in [-0.15, -0.1) is 0 Å². The average Bonchev–Trinajstić information content (AvgIpc) is 1.96. The van der Waals surface area contributed by atoms with Crippen molar-refractivity contribution in [2.45, 2.75) is 13.3 Å². The van der Waals surface area contributed by atoms with Gasteiger partial charge in [0.15, 0.2) is 0 Å². The van der Waals surface area contributed by atoms with Crippen LogP contribution in [0.2, 0.25) is 0 Å². The number of imide groups is 1. The molecule has 1 heterocycles. The van der Waals surface area contributed by atoms with Crippen LogP contribution in [0.1, 0.15) is 13.3 Å². The molecule has 0 saturated heterocycles. The van der Waals surface area contributed by atoms with Crippen LogP contribution in [0.3, 0.4) is 0 Å². The number of allylic oxidation sites excluding steroid dienone is 1. The van der Waals surface area contributed by atoms with E-state index in [4.69, 9.17) is 0 Å². The van der Waals surface area contributed by atoms with Gasteiger partial charge in [0.1, 0.15) is 0 Å². The number of carbonyl (C=O) groups is 2. The van der Waals surface area contributed by atoms with Gasteiger partial charge in [-0.1, -0.05) is 13.0 Å². The van der Waals surface area contributed by atoms with Gasteiger partial charge in [-0.05, 0) is 12.5 Å². The predicted octanol–water partition coefficient (Wildman–Crippen LogP) is 0.225. The van der Waals surface area contributed by atoms with Crippen molar-refractivity contribution < 1.29 is 9.59 Å². The maximum absolute atomic E-state index is 10.9. The van der Waals surface area contributed by atoms with Gasteiger partial charge in [-0.25, -0.2) is 0 Å². The van der Waals surface area contributed by atoms with E-state index in [1.54, 1.807) is 13.0 Å². The van der Waals surface area contributed by atoms with Crippen LogP contribution in [0, 0.1) is 5.92 Å². The Bertz CT molecular complexity index is 196. The Labute approximate surface area is 59.1 Å². The van der Waals surface area contributed by atoms with E-state index >= 15 is 0 Å². The number of rotatable bonds is 0. The molecule has 0 bridgehead atoms. The summed E-state index contributed by atoms with van der Waals surface area (Å²) in [6.45, 7) is 1.79. The van der Waals surface area contributed by atoms with Crippen LogP contribution in [0.15, 0.2) is 12.2 Å². The van der Waals surface area contributed by atoms with Crippen molar-refractivity contribution in [1.82, 2.24) is 5.32 Å². The number of carbonyl (C=O) groups excluding carboxylic acids is 2. The first-order chi connectivity index (χ1) is 4.70. The molecule has 1 aliphatic rings. The lowest BCUT2D eigenvalue weighted by Gasteiger charge is -2.02. The van der Waals surface area contributed by atoms with Crippen LogP contribution < -0.4 is 5.32 Å². The van der Waals surface area contributed by atoms with Crippen molar-refractivity contribution in [3.63, 3.8) is 0 Å². The maximum atomic E-state index is 10.9. The fourth-order valence-corrected chi connectivity index (χ4v) is 0.773. The lowest BCUT2D eigenvalue weighted by atomic mass is 10.1. The number of nitrogens with one attached hydrogen (secondary N) is 1. The summed E-state index contributed by atoms with van der Waals surface area (Å²) in [5, 5.41) is 2.23. The van der Waals surface area contributed by atoms with Crippen LogP contribution in [0.4, 0.5) is 0 Å². The van der Waals surface area contributed by atoms with Crippen molar-refractivity contribution >= 4 is 11.8 Å². The highest BCUT2D eigenvalue weighted by molar-refractivity contribution is 6.02. The van der Waals surface area contributed by atoms with Crippen molar-refractivity contribution in [2.24, 2.45) is 5.92 Å². The highest BCUT2D eigenvalue weighted by atomic mass is 16.2. The van der Waals surface area contributed by atoms with Crippen molar-refractivity contribution in [3.05, 3.63) is 12.2 Å². The summed E-state index contributed by atoms with van der Waals surface area (Å²) in [4.78, 5) is 21.5. The Morgan fingerprint density at radius 1 is 1.60 bits per heavy atom. The summed E-state index contributed by atoms with van der Waals surface area (Å²) in [5.74, 6) is -0.577. The summed E-state index contributed by atoms with van der Waals surface area (Å²) in [6, 6.07) is 0. The highest BCUT2D eigenvalue weighted by Crippen LogP contribution is 2.05. The Morgan fingerprint density at radius 2 is 2.30 bits per heavy atom. The van der Waals surface area contributed by atoms with Crippen molar-refractivity contribution in [1.29, 1.82) is 0 Å². The fourth-order valence-electron chi connectivity index (χ4n) is 0.773. The topological polar surface area (TPSA) is 46.2 Å². The molecule has 3 heteroatoms. The predicted molar refractivity (Wildman–Crippen MR) is 36.1 cm³/mol. The Hall–Kier alpha value is -1.12. The maximum Gasteiger partial charge on any atom is 0.250 e. The Balaban J connectivity index is 2.69. The molecule has 0 aromatic carbocycles. The molecule has 0 spiro atoms. The fraction of sp³-hybridized carbons (Fsp3) is 0.429. The Kier molecular flexibility index (Phi) is 1.85. The number of hydrogen-bond donors (Lipinski definition) is 1. The van der Waals surface area contributed by atoms with Gasteiger partial charge in [-0.2, -0.15) is 0 Å². The van der Waals surface area contributed by atoms with E-state index in [9.17, 15) is 9.59 Å². The number of amides is 2. The van der Waals surface area contributed by atoms with Crippen molar-refractivity contribution in [2.75, 3.05) is 0 Å². The molecule has 1 N–H and O–H groups in total. The van der Waals surface area contributed by atoms with Gasteiger partial charge in [0.05, 0.1) is 0 Å². The van der Waals surface area contributed by atoms with Crippen LogP contribution in [0.25, 0.3) is 0 Å². The summed E-state index contributed by atoms with van der Waals surface area (Å²) >= 11 is 0. The molecule has 1 atom stereocenters. The second kappa shape index (κ2) is 2.64. The third kappa shape index (κ3) is 1.43. The van der Waals surface area contributed by atoms with Gasteiger partial charge in [-0.3, -0.25) is 14.9 Å². The molecule has 0 aliphatic carbocycles. The smallest absolute Gasteiger partial charge is 0.250 e. The largest absolute Gasteiger partial charge is 0.293 e. The first-order valence-corrected chi connectivity index (χ1v) is 3.21. The molecule has 0 fully saturated rings. The third-order valence-electron chi connectivity index (χ3n) is 1.45. The zero-order valence-corrected chi connectivity index (χ0v) is 5.76. The average molecular weight is 139 g/mol. The first-order valence-electron chi connectivity index (χ1n) is 3.21. The van der Waals surface area contributed by atoms with Gasteiger partial charge in [0, 0.05) is 5.92 Å². The minimum atomic E-state index is -0.311. The molecule has 0 aromatic rings. The van der Waals surface area contributed by atoms with Crippen LogP contribution in [-0.4, -0.2) is 11.8 Å². The summed E-state index contributed by atoms with van der Waals surface area (Å²) in [6.07, 6.45) is 3.75. The molecule has 54 valence electrons. The molecule has 2 amide bonds. The molecule has 3 nitrogen and oxygen atoms in total. The highest BCUT2D eigenvalue weighted by Gasteiger charge is 2.15. The summed E-state index contributed by atoms with van der Waals surface area (Å²) in [5.41, 5.74) is 0. The van der Waals surface area contributed by atoms with E-state index in [1.165, 1.54) is 6.08 Å². The van der Waals surface area contributed by atoms with Gasteiger partial charge < -0.3 is 0 Å². The molecule has 10 heavy (non-hydrogen) atoms. The molecular formula is C7H9NO2. The van der Waals surface area contributed by atoms with Crippen LogP contribution in [-0.2, 0) is 9.59 Å². The quantitative estimate of drug-likeness (QED) is 0.488. The normalized spacial score (nSPS) is 25.9. The zero-order valence-electron chi connectivity index (χ0n) is 5.76. The first kappa shape index (κ1) is 6.99. The second-order valence-electron chi connectivity index (χ2n) is 2.39. The summed E-state index contributed by atoms with van der Waals surface area (Å²) < 4.78 is 0. The monoisotopic (exact) mass is 139 g/mol. The van der Waals surface area contributed by atoms with Crippen LogP contribution in [0.5, 0.6) is 0 Å². The van der Waals surface area contributed by atoms with Gasteiger partial charge in [0.2, 0.25) is 11.8 Å².